The lowest BCUT2D eigenvalue weighted by Gasteiger charge is -2.23. The van der Waals surface area contributed by atoms with Crippen LogP contribution in [0.3, 0.4) is 0 Å². The van der Waals surface area contributed by atoms with Crippen molar-refractivity contribution in [3.05, 3.63) is 47.9 Å². The number of fused-ring (bicyclic) bond motifs is 1. The number of nitrogens with one attached hydrogen (secondary N) is 1. The molecule has 19 heavy (non-hydrogen) atoms. The molecular weight excluding hydrogens is 238 g/mol. The van der Waals surface area contributed by atoms with Gasteiger partial charge >= 0.3 is 0 Å². The van der Waals surface area contributed by atoms with Gasteiger partial charge in [-0.2, -0.15) is 5.26 Å². The smallest absolute Gasteiger partial charge is 0.183 e. The zero-order chi connectivity index (χ0) is 13.1. The van der Waals surface area contributed by atoms with Gasteiger partial charge in [0.1, 0.15) is 6.07 Å². The molecular formula is C14H13N5. The Bertz CT molecular complexity index is 632. The molecule has 5 heteroatoms. The van der Waals surface area contributed by atoms with Crippen molar-refractivity contribution in [2.45, 2.75) is 6.54 Å². The van der Waals surface area contributed by atoms with Crippen LogP contribution in [0.1, 0.15) is 11.3 Å². The van der Waals surface area contributed by atoms with Crippen LogP contribution in [0.25, 0.3) is 0 Å². The summed E-state index contributed by atoms with van der Waals surface area (Å²) in [4.78, 5) is 10.5. The molecule has 0 atom stereocenters. The van der Waals surface area contributed by atoms with E-state index in [2.05, 4.69) is 38.4 Å². The first kappa shape index (κ1) is 11.6. The summed E-state index contributed by atoms with van der Waals surface area (Å²) in [5.74, 6) is 0.626. The summed E-state index contributed by atoms with van der Waals surface area (Å²) in [5.41, 5.74) is 2.65. The van der Waals surface area contributed by atoms with Crippen molar-refractivity contribution in [3.63, 3.8) is 0 Å². The minimum atomic E-state index is 0.360. The van der Waals surface area contributed by atoms with E-state index in [0.717, 1.165) is 25.3 Å². The van der Waals surface area contributed by atoms with E-state index in [1.165, 1.54) is 5.56 Å². The summed E-state index contributed by atoms with van der Waals surface area (Å²) in [6.45, 7) is 2.44. The number of benzene rings is 1. The largest absolute Gasteiger partial charge is 0.322 e. The summed E-state index contributed by atoms with van der Waals surface area (Å²) in [5, 5.41) is 12.5. The molecule has 94 valence electrons. The van der Waals surface area contributed by atoms with Gasteiger partial charge in [-0.15, -0.1) is 0 Å². The van der Waals surface area contributed by atoms with Crippen molar-refractivity contribution in [1.29, 1.82) is 5.26 Å². The van der Waals surface area contributed by atoms with Gasteiger partial charge in [-0.05, 0) is 11.6 Å². The second-order valence-electron chi connectivity index (χ2n) is 4.30. The Morgan fingerprint density at radius 3 is 2.95 bits per heavy atom. The monoisotopic (exact) mass is 251 g/mol. The number of para-hydroxylation sites is 1. The third-order valence-corrected chi connectivity index (χ3v) is 3.15. The first-order valence-corrected chi connectivity index (χ1v) is 6.17. The fourth-order valence-corrected chi connectivity index (χ4v) is 2.29. The van der Waals surface area contributed by atoms with Crippen LogP contribution < -0.4 is 10.2 Å². The van der Waals surface area contributed by atoms with E-state index in [-0.39, 0.29) is 0 Å². The second-order valence-corrected chi connectivity index (χ2v) is 4.30. The van der Waals surface area contributed by atoms with Gasteiger partial charge in [-0.1, -0.05) is 18.2 Å². The van der Waals surface area contributed by atoms with Crippen molar-refractivity contribution >= 4 is 11.5 Å². The molecule has 2 aromatic rings. The fraction of sp³-hybridized carbons (Fsp3) is 0.214. The van der Waals surface area contributed by atoms with Crippen LogP contribution in [-0.2, 0) is 6.54 Å². The quantitative estimate of drug-likeness (QED) is 0.833. The first-order chi connectivity index (χ1) is 9.40. The van der Waals surface area contributed by atoms with Crippen molar-refractivity contribution in [3.8, 4) is 6.07 Å². The summed E-state index contributed by atoms with van der Waals surface area (Å²) in [6.07, 6.45) is 3.17. The predicted molar refractivity (Wildman–Crippen MR) is 71.9 cm³/mol. The topological polar surface area (TPSA) is 64.8 Å². The standard InChI is InChI=1S/C14H13N5/c15-9-12-14(18-6-5-17-12)19-8-7-16-10-11-3-1-2-4-13(11)19/h1-6,16H,7-8,10H2. The molecule has 2 heterocycles. The minimum absolute atomic E-state index is 0.360. The number of hydrogen-bond acceptors (Lipinski definition) is 5. The normalized spacial score (nSPS) is 14.4. The van der Waals surface area contributed by atoms with Crippen LogP contribution in [0.4, 0.5) is 11.5 Å². The van der Waals surface area contributed by atoms with Crippen LogP contribution in [0, 0.1) is 11.3 Å². The molecule has 0 spiro atoms. The van der Waals surface area contributed by atoms with Crippen LogP contribution in [0.15, 0.2) is 36.7 Å². The molecule has 1 N–H and O–H groups in total. The van der Waals surface area contributed by atoms with Crippen LogP contribution in [0.2, 0.25) is 0 Å². The Balaban J connectivity index is 2.12. The second kappa shape index (κ2) is 5.04. The molecule has 1 aromatic carbocycles. The third kappa shape index (κ3) is 2.14. The van der Waals surface area contributed by atoms with Crippen LogP contribution in [-0.4, -0.2) is 23.1 Å². The molecule has 0 aliphatic carbocycles. The highest BCUT2D eigenvalue weighted by Crippen LogP contribution is 2.29. The highest BCUT2D eigenvalue weighted by Gasteiger charge is 2.20. The highest BCUT2D eigenvalue weighted by atomic mass is 15.2. The summed E-state index contributed by atoms with van der Waals surface area (Å²) in [7, 11) is 0. The molecule has 1 aromatic heterocycles. The number of hydrogen-bond donors (Lipinski definition) is 1. The Morgan fingerprint density at radius 2 is 2.05 bits per heavy atom. The molecule has 5 nitrogen and oxygen atoms in total. The van der Waals surface area contributed by atoms with Gasteiger partial charge < -0.3 is 10.2 Å². The van der Waals surface area contributed by atoms with Gasteiger partial charge in [0.15, 0.2) is 11.5 Å². The van der Waals surface area contributed by atoms with E-state index >= 15 is 0 Å². The number of aromatic nitrogens is 2. The van der Waals surface area contributed by atoms with E-state index in [4.69, 9.17) is 0 Å². The summed E-state index contributed by atoms with van der Waals surface area (Å²) < 4.78 is 0. The highest BCUT2D eigenvalue weighted by molar-refractivity contribution is 5.67. The summed E-state index contributed by atoms with van der Waals surface area (Å²) in [6, 6.07) is 10.3. The maximum absolute atomic E-state index is 9.17. The van der Waals surface area contributed by atoms with E-state index in [1.807, 2.05) is 12.1 Å². The molecule has 0 radical (unpaired) electrons. The zero-order valence-corrected chi connectivity index (χ0v) is 10.4. The Kier molecular flexibility index (Phi) is 3.09. The number of nitriles is 1. The lowest BCUT2D eigenvalue weighted by atomic mass is 10.1. The number of rotatable bonds is 1. The maximum Gasteiger partial charge on any atom is 0.183 e. The van der Waals surface area contributed by atoms with Crippen molar-refractivity contribution in [2.24, 2.45) is 0 Å². The number of nitrogens with zero attached hydrogens (tertiary/aromatic N) is 4. The van der Waals surface area contributed by atoms with Crippen molar-refractivity contribution < 1.29 is 0 Å². The lowest BCUT2D eigenvalue weighted by molar-refractivity contribution is 0.710. The minimum Gasteiger partial charge on any atom is -0.322 e. The van der Waals surface area contributed by atoms with Gasteiger partial charge in [0, 0.05) is 37.7 Å². The van der Waals surface area contributed by atoms with Gasteiger partial charge in [-0.3, -0.25) is 0 Å². The fourth-order valence-electron chi connectivity index (χ4n) is 2.29. The van der Waals surface area contributed by atoms with Gasteiger partial charge in [-0.25, -0.2) is 9.97 Å². The Hall–Kier alpha value is -2.45. The maximum atomic E-state index is 9.17. The van der Waals surface area contributed by atoms with E-state index in [0.29, 0.717) is 11.5 Å². The third-order valence-electron chi connectivity index (χ3n) is 3.15. The molecule has 0 unspecified atom stereocenters. The van der Waals surface area contributed by atoms with Gasteiger partial charge in [0.25, 0.3) is 0 Å². The van der Waals surface area contributed by atoms with Crippen LogP contribution in [0.5, 0.6) is 0 Å². The molecule has 0 fully saturated rings. The van der Waals surface area contributed by atoms with E-state index in [1.54, 1.807) is 12.4 Å². The average molecular weight is 251 g/mol. The Morgan fingerprint density at radius 1 is 1.21 bits per heavy atom. The SMILES string of the molecule is N#Cc1nccnc1N1CCNCc2ccccc21. The van der Waals surface area contributed by atoms with E-state index < -0.39 is 0 Å². The number of anilines is 2. The van der Waals surface area contributed by atoms with Gasteiger partial charge in [0.05, 0.1) is 0 Å². The molecule has 0 saturated carbocycles. The van der Waals surface area contributed by atoms with Crippen molar-refractivity contribution in [1.82, 2.24) is 15.3 Å². The van der Waals surface area contributed by atoms with E-state index in [9.17, 15) is 5.26 Å². The molecule has 0 saturated heterocycles. The lowest BCUT2D eigenvalue weighted by Crippen LogP contribution is -2.26. The predicted octanol–water partition coefficient (Wildman–Crippen LogP) is 1.59. The molecule has 1 aliphatic heterocycles. The average Bonchev–Trinajstić information content (AvgIpc) is 2.69. The van der Waals surface area contributed by atoms with Gasteiger partial charge in [0.2, 0.25) is 0 Å². The van der Waals surface area contributed by atoms with Crippen molar-refractivity contribution in [2.75, 3.05) is 18.0 Å². The molecule has 3 rings (SSSR count). The Labute approximate surface area is 111 Å². The first-order valence-electron chi connectivity index (χ1n) is 6.17. The zero-order valence-electron chi connectivity index (χ0n) is 10.4. The molecule has 0 amide bonds. The van der Waals surface area contributed by atoms with Crippen LogP contribution >= 0.6 is 0 Å². The molecule has 1 aliphatic rings. The summed E-state index contributed by atoms with van der Waals surface area (Å²) >= 11 is 0. The molecule has 0 bridgehead atoms.